The van der Waals surface area contributed by atoms with Crippen molar-refractivity contribution in [1.29, 1.82) is 0 Å². The largest absolute Gasteiger partial charge is 0.369 e. The molecule has 0 aliphatic heterocycles. The first-order chi connectivity index (χ1) is 9.24. The lowest BCUT2D eigenvalue weighted by atomic mass is 9.71. The van der Waals surface area contributed by atoms with Crippen LogP contribution in [0.1, 0.15) is 57.7 Å². The van der Waals surface area contributed by atoms with Gasteiger partial charge in [0.15, 0.2) is 0 Å². The monoisotopic (exact) mass is 274 g/mol. The van der Waals surface area contributed by atoms with E-state index in [1.54, 1.807) is 0 Å². The molecule has 0 saturated carbocycles. The smallest absolute Gasteiger partial charge is 0.224 e. The van der Waals surface area contributed by atoms with E-state index in [4.69, 9.17) is 5.73 Å². The van der Waals surface area contributed by atoms with Gasteiger partial charge in [0.2, 0.25) is 5.91 Å². The van der Waals surface area contributed by atoms with Crippen LogP contribution in [0, 0.1) is 5.41 Å². The van der Waals surface area contributed by atoms with Crippen molar-refractivity contribution in [3.05, 3.63) is 35.4 Å². The van der Waals surface area contributed by atoms with Crippen molar-refractivity contribution in [2.75, 3.05) is 6.54 Å². The van der Waals surface area contributed by atoms with E-state index in [9.17, 15) is 4.79 Å². The molecule has 0 radical (unpaired) electrons. The first-order valence-electron chi connectivity index (χ1n) is 7.37. The molecule has 1 aliphatic carbocycles. The molecular weight excluding hydrogens is 248 g/mol. The molecule has 0 aromatic heterocycles. The maximum Gasteiger partial charge on any atom is 0.224 e. The van der Waals surface area contributed by atoms with Gasteiger partial charge in [-0.3, -0.25) is 4.79 Å². The Morgan fingerprint density at radius 2 is 2.05 bits per heavy atom. The summed E-state index contributed by atoms with van der Waals surface area (Å²) in [4.78, 5) is 11.4. The minimum atomic E-state index is -0.512. The zero-order chi connectivity index (χ0) is 15.0. The third-order valence-corrected chi connectivity index (χ3v) is 4.58. The zero-order valence-electron chi connectivity index (χ0n) is 13.0. The number of hydrogen-bond donors (Lipinski definition) is 2. The molecule has 3 nitrogen and oxygen atoms in total. The summed E-state index contributed by atoms with van der Waals surface area (Å²) >= 11 is 0. The molecule has 110 valence electrons. The number of primary amides is 1. The van der Waals surface area contributed by atoms with Crippen molar-refractivity contribution in [2.45, 2.75) is 52.0 Å². The van der Waals surface area contributed by atoms with Gasteiger partial charge >= 0.3 is 0 Å². The van der Waals surface area contributed by atoms with Gasteiger partial charge in [0.25, 0.3) is 0 Å². The van der Waals surface area contributed by atoms with Crippen molar-refractivity contribution in [3.63, 3.8) is 0 Å². The van der Waals surface area contributed by atoms with Gasteiger partial charge < -0.3 is 11.1 Å². The van der Waals surface area contributed by atoms with Crippen molar-refractivity contribution in [3.8, 4) is 0 Å². The van der Waals surface area contributed by atoms with Gasteiger partial charge in [0, 0.05) is 12.6 Å². The Balaban J connectivity index is 2.18. The Bertz CT molecular complexity index is 505. The number of rotatable bonds is 4. The maximum absolute atomic E-state index is 11.4. The summed E-state index contributed by atoms with van der Waals surface area (Å²) in [6.45, 7) is 8.99. The maximum atomic E-state index is 11.4. The van der Waals surface area contributed by atoms with E-state index in [0.29, 0.717) is 12.6 Å². The highest BCUT2D eigenvalue weighted by Gasteiger charge is 2.33. The molecule has 1 amide bonds. The van der Waals surface area contributed by atoms with Gasteiger partial charge in [-0.1, -0.05) is 38.1 Å². The standard InChI is InChI=1S/C17H26N2O/c1-16(2)10-9-14(12-7-5-6-8-13(12)16)19-11-17(3,4)15(18)20/h5-8,14,19H,9-11H2,1-4H3,(H2,18,20). The summed E-state index contributed by atoms with van der Waals surface area (Å²) in [7, 11) is 0. The highest BCUT2D eigenvalue weighted by molar-refractivity contribution is 5.80. The third kappa shape index (κ3) is 2.88. The fraction of sp³-hybridized carbons (Fsp3) is 0.588. The molecule has 20 heavy (non-hydrogen) atoms. The molecule has 0 fully saturated rings. The molecule has 1 aromatic carbocycles. The van der Waals surface area contributed by atoms with Gasteiger partial charge in [0.1, 0.15) is 0 Å². The SMILES string of the molecule is CC(C)(CNC1CCC(C)(C)c2ccccc21)C(N)=O. The highest BCUT2D eigenvalue weighted by atomic mass is 16.1. The summed E-state index contributed by atoms with van der Waals surface area (Å²) in [5.41, 5.74) is 7.94. The highest BCUT2D eigenvalue weighted by Crippen LogP contribution is 2.41. The first kappa shape index (κ1) is 15.0. The van der Waals surface area contributed by atoms with Crippen LogP contribution in [-0.2, 0) is 10.2 Å². The van der Waals surface area contributed by atoms with E-state index >= 15 is 0 Å². The van der Waals surface area contributed by atoms with Crippen LogP contribution in [0.3, 0.4) is 0 Å². The molecule has 0 bridgehead atoms. The summed E-state index contributed by atoms with van der Waals surface area (Å²) in [6, 6.07) is 8.94. The quantitative estimate of drug-likeness (QED) is 0.887. The van der Waals surface area contributed by atoms with Gasteiger partial charge in [-0.05, 0) is 43.2 Å². The number of benzene rings is 1. The molecular formula is C17H26N2O. The van der Waals surface area contributed by atoms with Crippen LogP contribution in [0.25, 0.3) is 0 Å². The summed E-state index contributed by atoms with van der Waals surface area (Å²) in [6.07, 6.45) is 2.25. The number of hydrogen-bond acceptors (Lipinski definition) is 2. The fourth-order valence-electron chi connectivity index (χ4n) is 2.89. The molecule has 2 rings (SSSR count). The molecule has 0 heterocycles. The lowest BCUT2D eigenvalue weighted by Crippen LogP contribution is -2.43. The Kier molecular flexibility index (Phi) is 3.92. The Hall–Kier alpha value is -1.35. The second-order valence-electron chi connectivity index (χ2n) is 7.19. The Morgan fingerprint density at radius 1 is 1.40 bits per heavy atom. The van der Waals surface area contributed by atoms with E-state index in [1.807, 2.05) is 13.8 Å². The van der Waals surface area contributed by atoms with Crippen LogP contribution in [0.2, 0.25) is 0 Å². The molecule has 3 N–H and O–H groups in total. The van der Waals surface area contributed by atoms with E-state index in [-0.39, 0.29) is 11.3 Å². The fourth-order valence-corrected chi connectivity index (χ4v) is 2.89. The van der Waals surface area contributed by atoms with Crippen LogP contribution < -0.4 is 11.1 Å². The number of carbonyl (C=O) groups excluding carboxylic acids is 1. The number of amides is 1. The minimum absolute atomic E-state index is 0.230. The topological polar surface area (TPSA) is 55.1 Å². The van der Waals surface area contributed by atoms with E-state index in [1.165, 1.54) is 11.1 Å². The van der Waals surface area contributed by atoms with Gasteiger partial charge in [0.05, 0.1) is 5.41 Å². The molecule has 0 spiro atoms. The lowest BCUT2D eigenvalue weighted by Gasteiger charge is -2.38. The minimum Gasteiger partial charge on any atom is -0.369 e. The molecule has 1 aromatic rings. The van der Waals surface area contributed by atoms with E-state index in [2.05, 4.69) is 43.4 Å². The molecule has 1 atom stereocenters. The van der Waals surface area contributed by atoms with Crippen molar-refractivity contribution in [1.82, 2.24) is 5.32 Å². The Morgan fingerprint density at radius 3 is 2.70 bits per heavy atom. The molecule has 0 saturated heterocycles. The van der Waals surface area contributed by atoms with E-state index < -0.39 is 5.41 Å². The number of fused-ring (bicyclic) bond motifs is 1. The Labute approximate surface area is 121 Å². The van der Waals surface area contributed by atoms with Crippen LogP contribution >= 0.6 is 0 Å². The summed E-state index contributed by atoms with van der Waals surface area (Å²) in [5.74, 6) is -0.255. The van der Waals surface area contributed by atoms with Gasteiger partial charge in [-0.2, -0.15) is 0 Å². The van der Waals surface area contributed by atoms with E-state index in [0.717, 1.165) is 12.8 Å². The lowest BCUT2D eigenvalue weighted by molar-refractivity contribution is -0.125. The average molecular weight is 274 g/mol. The van der Waals surface area contributed by atoms with Crippen molar-refractivity contribution < 1.29 is 4.79 Å². The second-order valence-corrected chi connectivity index (χ2v) is 7.19. The van der Waals surface area contributed by atoms with Crippen molar-refractivity contribution >= 4 is 5.91 Å². The van der Waals surface area contributed by atoms with Crippen LogP contribution in [0.4, 0.5) is 0 Å². The molecule has 1 aliphatic rings. The van der Waals surface area contributed by atoms with Gasteiger partial charge in [-0.25, -0.2) is 0 Å². The predicted molar refractivity (Wildman–Crippen MR) is 82.4 cm³/mol. The summed E-state index contributed by atoms with van der Waals surface area (Å²) < 4.78 is 0. The van der Waals surface area contributed by atoms with Gasteiger partial charge in [-0.15, -0.1) is 0 Å². The number of nitrogens with two attached hydrogens (primary N) is 1. The van der Waals surface area contributed by atoms with Crippen LogP contribution in [0.15, 0.2) is 24.3 Å². The number of carbonyl (C=O) groups is 1. The zero-order valence-corrected chi connectivity index (χ0v) is 13.0. The molecule has 1 unspecified atom stereocenters. The first-order valence-corrected chi connectivity index (χ1v) is 7.37. The van der Waals surface area contributed by atoms with Crippen LogP contribution in [0.5, 0.6) is 0 Å². The van der Waals surface area contributed by atoms with Crippen molar-refractivity contribution in [2.24, 2.45) is 11.1 Å². The number of nitrogens with one attached hydrogen (secondary N) is 1. The molecule has 3 heteroatoms. The average Bonchev–Trinajstić information content (AvgIpc) is 2.38. The third-order valence-electron chi connectivity index (χ3n) is 4.58. The normalized spacial score (nSPS) is 21.3. The second kappa shape index (κ2) is 5.21. The van der Waals surface area contributed by atoms with Crippen LogP contribution in [-0.4, -0.2) is 12.5 Å². The summed E-state index contributed by atoms with van der Waals surface area (Å²) in [5, 5.41) is 3.54. The predicted octanol–water partition coefficient (Wildman–Crippen LogP) is 2.90.